The minimum atomic E-state index is 1.11. The molecule has 0 aromatic carbocycles. The van der Waals surface area contributed by atoms with Crippen LogP contribution in [0.1, 0.15) is 34.1 Å². The Labute approximate surface area is 60.3 Å². The highest BCUT2D eigenvalue weighted by Crippen LogP contribution is 1.88. The molecule has 0 spiro atoms. The lowest BCUT2D eigenvalue weighted by Crippen LogP contribution is -1.58. The first-order valence-corrected chi connectivity index (χ1v) is 3.41. The Morgan fingerprint density at radius 3 is 1.33 bits per heavy atom. The molecule has 0 heteroatoms. The summed E-state index contributed by atoms with van der Waals surface area (Å²) in [5.41, 5.74) is 1.25. The van der Waals surface area contributed by atoms with Crippen molar-refractivity contribution in [3.05, 3.63) is 25.3 Å². The van der Waals surface area contributed by atoms with E-state index in [-0.39, 0.29) is 0 Å². The first kappa shape index (κ1) is 15.8. The summed E-state index contributed by atoms with van der Waals surface area (Å²) in [4.78, 5) is 0. The third-order valence-electron chi connectivity index (χ3n) is 0.604. The van der Waals surface area contributed by atoms with Crippen molar-refractivity contribution in [1.82, 2.24) is 0 Å². The monoisotopic (exact) mass is 128 g/mol. The van der Waals surface area contributed by atoms with Crippen LogP contribution >= 0.6 is 0 Å². The minimum absolute atomic E-state index is 1.11. The van der Waals surface area contributed by atoms with Crippen LogP contribution in [0.25, 0.3) is 0 Å². The predicted octanol–water partition coefficient (Wildman–Crippen LogP) is 3.80. The number of rotatable bonds is 1. The molecule has 0 bridgehead atoms. The Morgan fingerprint density at radius 1 is 1.22 bits per heavy atom. The molecule has 0 aromatic rings. The van der Waals surface area contributed by atoms with Crippen LogP contribution in [0.4, 0.5) is 0 Å². The van der Waals surface area contributed by atoms with Gasteiger partial charge >= 0.3 is 0 Å². The van der Waals surface area contributed by atoms with Gasteiger partial charge in [0, 0.05) is 0 Å². The van der Waals surface area contributed by atoms with E-state index in [9.17, 15) is 0 Å². The van der Waals surface area contributed by atoms with Crippen molar-refractivity contribution < 1.29 is 0 Å². The lowest BCUT2D eigenvalue weighted by Gasteiger charge is -1.79. The molecular formula is C9H20. The highest BCUT2D eigenvalue weighted by molar-refractivity contribution is 4.84. The lowest BCUT2D eigenvalue weighted by atomic mass is 10.3. The molecular weight excluding hydrogens is 108 g/mol. The van der Waals surface area contributed by atoms with E-state index in [0.717, 1.165) is 6.42 Å². The highest BCUT2D eigenvalue weighted by Gasteiger charge is 1.67. The average molecular weight is 128 g/mol. The third kappa shape index (κ3) is 103. The summed E-state index contributed by atoms with van der Waals surface area (Å²) in [5, 5.41) is 0. The number of hydrogen-bond donors (Lipinski definition) is 0. The zero-order valence-corrected chi connectivity index (χ0v) is 7.33. The zero-order chi connectivity index (χ0) is 8.28. The Kier molecular flexibility index (Phi) is 45.5. The van der Waals surface area contributed by atoms with E-state index in [1.54, 1.807) is 0 Å². The molecule has 0 aliphatic rings. The standard InChI is InChI=1S/C5H10.C2H6.C2H4/c1-4-5(2)3;2*1-2/h2,4H2,1,3H3;1-2H3;1-2H2. The zero-order valence-electron chi connectivity index (χ0n) is 7.33. The van der Waals surface area contributed by atoms with E-state index in [4.69, 9.17) is 0 Å². The maximum atomic E-state index is 3.67. The molecule has 0 nitrogen and oxygen atoms in total. The molecule has 56 valence electrons. The van der Waals surface area contributed by atoms with Gasteiger partial charge < -0.3 is 0 Å². The van der Waals surface area contributed by atoms with Crippen LogP contribution in [0.15, 0.2) is 25.3 Å². The van der Waals surface area contributed by atoms with Gasteiger partial charge in [-0.3, -0.25) is 0 Å². The fraction of sp³-hybridized carbons (Fsp3) is 0.556. The van der Waals surface area contributed by atoms with Crippen LogP contribution in [0.5, 0.6) is 0 Å². The molecule has 0 unspecified atom stereocenters. The van der Waals surface area contributed by atoms with E-state index in [1.807, 2.05) is 20.8 Å². The van der Waals surface area contributed by atoms with Crippen LogP contribution in [0.2, 0.25) is 0 Å². The van der Waals surface area contributed by atoms with Gasteiger partial charge in [-0.2, -0.15) is 0 Å². The van der Waals surface area contributed by atoms with E-state index >= 15 is 0 Å². The average Bonchev–Trinajstić information content (AvgIpc) is 1.97. The van der Waals surface area contributed by atoms with E-state index in [1.165, 1.54) is 5.57 Å². The fourth-order valence-electron chi connectivity index (χ4n) is 0. The van der Waals surface area contributed by atoms with Crippen LogP contribution in [-0.2, 0) is 0 Å². The third-order valence-corrected chi connectivity index (χ3v) is 0.604. The van der Waals surface area contributed by atoms with Gasteiger partial charge in [0.1, 0.15) is 0 Å². The lowest BCUT2D eigenvalue weighted by molar-refractivity contribution is 1.11. The highest BCUT2D eigenvalue weighted by atomic mass is 13.7. The topological polar surface area (TPSA) is 0 Å². The molecule has 0 heterocycles. The van der Waals surface area contributed by atoms with Gasteiger partial charge in [-0.25, -0.2) is 0 Å². The normalized spacial score (nSPS) is 5.33. The first-order chi connectivity index (χ1) is 4.27. The summed E-state index contributed by atoms with van der Waals surface area (Å²) < 4.78 is 0. The maximum Gasteiger partial charge on any atom is -0.0354 e. The Bertz CT molecular complexity index is 44.0. The number of hydrogen-bond acceptors (Lipinski definition) is 0. The van der Waals surface area contributed by atoms with Crippen molar-refractivity contribution in [2.45, 2.75) is 34.1 Å². The van der Waals surface area contributed by atoms with Gasteiger partial charge in [0.15, 0.2) is 0 Å². The quantitative estimate of drug-likeness (QED) is 0.471. The van der Waals surface area contributed by atoms with E-state index in [0.29, 0.717) is 0 Å². The first-order valence-electron chi connectivity index (χ1n) is 3.41. The molecule has 0 aliphatic carbocycles. The summed E-state index contributed by atoms with van der Waals surface area (Å²) >= 11 is 0. The van der Waals surface area contributed by atoms with Gasteiger partial charge in [-0.1, -0.05) is 26.3 Å². The second-order valence-electron chi connectivity index (χ2n) is 1.31. The molecule has 9 heavy (non-hydrogen) atoms. The van der Waals surface area contributed by atoms with Crippen molar-refractivity contribution in [2.75, 3.05) is 0 Å². The predicted molar refractivity (Wildman–Crippen MR) is 47.7 cm³/mol. The molecule has 0 rings (SSSR count). The number of allylic oxidation sites excluding steroid dienone is 1. The van der Waals surface area contributed by atoms with Crippen LogP contribution in [0.3, 0.4) is 0 Å². The van der Waals surface area contributed by atoms with E-state index in [2.05, 4.69) is 26.7 Å². The van der Waals surface area contributed by atoms with Crippen molar-refractivity contribution in [3.8, 4) is 0 Å². The van der Waals surface area contributed by atoms with Crippen LogP contribution < -0.4 is 0 Å². The molecule has 0 saturated heterocycles. The summed E-state index contributed by atoms with van der Waals surface area (Å²) in [6.45, 7) is 17.8. The fourth-order valence-corrected chi connectivity index (χ4v) is 0. The second kappa shape index (κ2) is 25.9. The van der Waals surface area contributed by atoms with Crippen molar-refractivity contribution >= 4 is 0 Å². The van der Waals surface area contributed by atoms with Gasteiger partial charge in [0.2, 0.25) is 0 Å². The minimum Gasteiger partial charge on any atom is -0.106 e. The Morgan fingerprint density at radius 2 is 1.33 bits per heavy atom. The van der Waals surface area contributed by atoms with Gasteiger partial charge in [-0.15, -0.1) is 19.7 Å². The second-order valence-corrected chi connectivity index (χ2v) is 1.31. The molecule has 0 aromatic heterocycles. The smallest absolute Gasteiger partial charge is 0.0354 e. The van der Waals surface area contributed by atoms with Crippen molar-refractivity contribution in [3.63, 3.8) is 0 Å². The molecule has 0 saturated carbocycles. The SMILES string of the molecule is C=C.C=C(C)CC.CC. The molecule has 0 amide bonds. The Balaban J connectivity index is -0.0000000771. The molecule has 0 aliphatic heterocycles. The van der Waals surface area contributed by atoms with E-state index < -0.39 is 0 Å². The van der Waals surface area contributed by atoms with Crippen molar-refractivity contribution in [2.24, 2.45) is 0 Å². The molecule has 0 N–H and O–H groups in total. The summed E-state index contributed by atoms with van der Waals surface area (Å²) in [7, 11) is 0. The molecule has 0 atom stereocenters. The summed E-state index contributed by atoms with van der Waals surface area (Å²) in [6.07, 6.45) is 1.11. The summed E-state index contributed by atoms with van der Waals surface area (Å²) in [6, 6.07) is 0. The maximum absolute atomic E-state index is 3.67. The van der Waals surface area contributed by atoms with Gasteiger partial charge in [-0.05, 0) is 13.3 Å². The molecule has 0 fully saturated rings. The van der Waals surface area contributed by atoms with Crippen LogP contribution in [0, 0.1) is 0 Å². The summed E-state index contributed by atoms with van der Waals surface area (Å²) in [5.74, 6) is 0. The van der Waals surface area contributed by atoms with Gasteiger partial charge in [0.05, 0.1) is 0 Å². The van der Waals surface area contributed by atoms with Crippen molar-refractivity contribution in [1.29, 1.82) is 0 Å². The molecule has 0 radical (unpaired) electrons. The van der Waals surface area contributed by atoms with Crippen LogP contribution in [-0.4, -0.2) is 0 Å². The largest absolute Gasteiger partial charge is 0.106 e. The Hall–Kier alpha value is -0.520. The van der Waals surface area contributed by atoms with Gasteiger partial charge in [0.25, 0.3) is 0 Å².